The molecule has 0 fully saturated rings. The number of hydrogen-bond donors (Lipinski definition) is 1. The summed E-state index contributed by atoms with van der Waals surface area (Å²) in [7, 11) is 0. The van der Waals surface area contributed by atoms with Crippen LogP contribution in [0.4, 0.5) is 0 Å². The second-order valence-electron chi connectivity index (χ2n) is 6.65. The van der Waals surface area contributed by atoms with Crippen LogP contribution in [0.1, 0.15) is 11.1 Å². The molecule has 0 saturated carbocycles. The molecule has 0 unspecified atom stereocenters. The zero-order valence-corrected chi connectivity index (χ0v) is 18.5. The molecule has 160 valence electrons. The summed E-state index contributed by atoms with van der Waals surface area (Å²) in [5.74, 6) is 1.76. The van der Waals surface area contributed by atoms with E-state index in [-0.39, 0.29) is 12.4 Å². The molecule has 0 atom stereocenters. The summed E-state index contributed by atoms with van der Waals surface area (Å²) >= 11 is 1.63. The van der Waals surface area contributed by atoms with Crippen LogP contribution in [0.15, 0.2) is 90.1 Å². The maximum atomic E-state index is 5.83. The molecule has 0 aliphatic heterocycles. The minimum Gasteiger partial charge on any atom is -1.00 e. The van der Waals surface area contributed by atoms with Crippen LogP contribution < -0.4 is 22.5 Å². The number of thioether (sulfide) groups is 1. The molecule has 1 heterocycles. The highest BCUT2D eigenvalue weighted by atomic mass is 35.5. The van der Waals surface area contributed by atoms with Gasteiger partial charge < -0.3 is 22.5 Å². The summed E-state index contributed by atoms with van der Waals surface area (Å²) in [5, 5.41) is 16.3. The minimum absolute atomic E-state index is 0. The Balaban J connectivity index is 0.00000272. The highest BCUT2D eigenvalue weighted by Gasteiger charge is 2.08. The number of nitrogens with one attached hydrogen (secondary N) is 1. The number of tetrazole rings is 1. The Kier molecular flexibility index (Phi) is 8.90. The fourth-order valence-corrected chi connectivity index (χ4v) is 3.68. The van der Waals surface area contributed by atoms with E-state index in [0.717, 1.165) is 35.4 Å². The van der Waals surface area contributed by atoms with Gasteiger partial charge in [0.2, 0.25) is 5.16 Å². The van der Waals surface area contributed by atoms with Gasteiger partial charge in [0, 0.05) is 18.8 Å². The number of ether oxygens (including phenoxy) is 1. The molecule has 0 aliphatic carbocycles. The van der Waals surface area contributed by atoms with Gasteiger partial charge in [0.05, 0.1) is 5.69 Å². The van der Waals surface area contributed by atoms with Gasteiger partial charge in [-0.3, -0.25) is 0 Å². The Morgan fingerprint density at radius 3 is 2.29 bits per heavy atom. The van der Waals surface area contributed by atoms with Crippen LogP contribution in [0.5, 0.6) is 5.75 Å². The molecule has 4 rings (SSSR count). The molecule has 6 nitrogen and oxygen atoms in total. The minimum atomic E-state index is 0. The highest BCUT2D eigenvalue weighted by molar-refractivity contribution is 7.99. The zero-order valence-electron chi connectivity index (χ0n) is 16.9. The second kappa shape index (κ2) is 12.1. The molecule has 0 bridgehead atoms. The lowest BCUT2D eigenvalue weighted by Crippen LogP contribution is -3.00. The van der Waals surface area contributed by atoms with Gasteiger partial charge in [-0.05, 0) is 45.8 Å². The molecule has 0 saturated heterocycles. The summed E-state index contributed by atoms with van der Waals surface area (Å²) in [6.45, 7) is 2.25. The maximum Gasteiger partial charge on any atom is 0.214 e. The van der Waals surface area contributed by atoms with Crippen molar-refractivity contribution in [2.45, 2.75) is 18.3 Å². The summed E-state index contributed by atoms with van der Waals surface area (Å²) in [4.78, 5) is 0. The van der Waals surface area contributed by atoms with E-state index >= 15 is 0 Å². The van der Waals surface area contributed by atoms with Crippen molar-refractivity contribution >= 4 is 11.8 Å². The van der Waals surface area contributed by atoms with E-state index in [1.807, 2.05) is 60.7 Å². The monoisotopic (exact) mass is 452 g/mol. The molecular weight excluding hydrogens is 430 g/mol. The van der Waals surface area contributed by atoms with Crippen LogP contribution in [0, 0.1) is 0 Å². The van der Waals surface area contributed by atoms with Crippen molar-refractivity contribution in [2.24, 2.45) is 0 Å². The van der Waals surface area contributed by atoms with Crippen LogP contribution >= 0.6 is 11.8 Å². The van der Waals surface area contributed by atoms with Gasteiger partial charge in [0.15, 0.2) is 0 Å². The first-order valence-electron chi connectivity index (χ1n) is 9.81. The molecule has 0 aliphatic rings. The van der Waals surface area contributed by atoms with Crippen molar-refractivity contribution in [1.82, 2.24) is 25.5 Å². The van der Waals surface area contributed by atoms with Crippen LogP contribution in [0.25, 0.3) is 5.69 Å². The number of halogens is 1. The molecule has 0 amide bonds. The standard InChI is InChI=1S/C23H23N5OS.ClH/c1-3-7-20(8-4-1)18-29-22-13-11-19(12-14-22)17-24-15-16-30-23-25-26-27-28(23)21-9-5-2-6-10-21;/h1-14,24H,15-18H2;1H/p-1. The third-order valence-electron chi connectivity index (χ3n) is 4.45. The van der Waals surface area contributed by atoms with Gasteiger partial charge in [-0.25, -0.2) is 0 Å². The predicted octanol–water partition coefficient (Wildman–Crippen LogP) is 1.13. The summed E-state index contributed by atoms with van der Waals surface area (Å²) in [6.07, 6.45) is 0. The van der Waals surface area contributed by atoms with E-state index in [9.17, 15) is 0 Å². The molecule has 0 spiro atoms. The van der Waals surface area contributed by atoms with E-state index in [1.54, 1.807) is 16.4 Å². The summed E-state index contributed by atoms with van der Waals surface area (Å²) in [5.41, 5.74) is 3.35. The van der Waals surface area contributed by atoms with Crippen LogP contribution in [-0.4, -0.2) is 32.5 Å². The zero-order chi connectivity index (χ0) is 20.4. The Bertz CT molecular complexity index is 1030. The first-order chi connectivity index (χ1) is 14.9. The summed E-state index contributed by atoms with van der Waals surface area (Å²) < 4.78 is 7.60. The third-order valence-corrected chi connectivity index (χ3v) is 5.37. The van der Waals surface area contributed by atoms with Gasteiger partial charge in [-0.15, -0.1) is 5.10 Å². The number of benzene rings is 3. The van der Waals surface area contributed by atoms with E-state index in [0.29, 0.717) is 6.61 Å². The Hall–Kier alpha value is -2.87. The first-order valence-corrected chi connectivity index (χ1v) is 10.8. The van der Waals surface area contributed by atoms with Crippen LogP contribution in [-0.2, 0) is 13.2 Å². The van der Waals surface area contributed by atoms with Crippen molar-refractivity contribution in [3.63, 3.8) is 0 Å². The fourth-order valence-electron chi connectivity index (χ4n) is 2.89. The van der Waals surface area contributed by atoms with E-state index in [2.05, 4.69) is 45.1 Å². The normalized spacial score (nSPS) is 10.5. The molecule has 0 radical (unpaired) electrons. The van der Waals surface area contributed by atoms with Gasteiger partial charge >= 0.3 is 0 Å². The lowest BCUT2D eigenvalue weighted by atomic mass is 10.2. The Morgan fingerprint density at radius 1 is 0.839 bits per heavy atom. The molecule has 1 N–H and O–H groups in total. The van der Waals surface area contributed by atoms with Crippen molar-refractivity contribution in [3.8, 4) is 11.4 Å². The fraction of sp³-hybridized carbons (Fsp3) is 0.174. The third kappa shape index (κ3) is 6.82. The maximum absolute atomic E-state index is 5.83. The number of rotatable bonds is 10. The van der Waals surface area contributed by atoms with Crippen molar-refractivity contribution in [1.29, 1.82) is 0 Å². The quantitative estimate of drug-likeness (QED) is 0.287. The highest BCUT2D eigenvalue weighted by Crippen LogP contribution is 2.17. The van der Waals surface area contributed by atoms with Gasteiger partial charge in [0.1, 0.15) is 12.4 Å². The molecule has 8 heteroatoms. The molecule has 1 aromatic heterocycles. The predicted molar refractivity (Wildman–Crippen MR) is 119 cm³/mol. The second-order valence-corrected chi connectivity index (χ2v) is 7.71. The van der Waals surface area contributed by atoms with Crippen LogP contribution in [0.2, 0.25) is 0 Å². The Labute approximate surface area is 192 Å². The van der Waals surface area contributed by atoms with Crippen molar-refractivity contribution in [3.05, 3.63) is 96.1 Å². The van der Waals surface area contributed by atoms with Crippen molar-refractivity contribution in [2.75, 3.05) is 12.3 Å². The van der Waals surface area contributed by atoms with Gasteiger partial charge in [-0.1, -0.05) is 72.4 Å². The van der Waals surface area contributed by atoms with Crippen molar-refractivity contribution < 1.29 is 17.1 Å². The number of hydrogen-bond acceptors (Lipinski definition) is 6. The number of nitrogens with zero attached hydrogens (tertiary/aromatic N) is 4. The number of aromatic nitrogens is 4. The molecule has 3 aromatic carbocycles. The first kappa shape index (κ1) is 22.8. The smallest absolute Gasteiger partial charge is 0.214 e. The Morgan fingerprint density at radius 2 is 1.55 bits per heavy atom. The van der Waals surface area contributed by atoms with Gasteiger partial charge in [-0.2, -0.15) is 4.68 Å². The summed E-state index contributed by atoms with van der Waals surface area (Å²) in [6, 6.07) is 28.3. The molecular formula is C23H23ClN5OS-. The van der Waals surface area contributed by atoms with E-state index < -0.39 is 0 Å². The van der Waals surface area contributed by atoms with Gasteiger partial charge in [0.25, 0.3) is 0 Å². The average Bonchev–Trinajstić information content (AvgIpc) is 3.28. The van der Waals surface area contributed by atoms with Crippen LogP contribution in [0.3, 0.4) is 0 Å². The molecule has 31 heavy (non-hydrogen) atoms. The molecule has 4 aromatic rings. The van der Waals surface area contributed by atoms with E-state index in [1.165, 1.54) is 11.1 Å². The SMILES string of the molecule is [Cl-].c1ccc(COc2ccc(CNCCSc3nnnn3-c3ccccc3)cc2)cc1. The number of para-hydroxylation sites is 1. The average molecular weight is 453 g/mol. The topological polar surface area (TPSA) is 64.9 Å². The largest absolute Gasteiger partial charge is 1.00 e. The van der Waals surface area contributed by atoms with E-state index in [4.69, 9.17) is 4.74 Å². The lowest BCUT2D eigenvalue weighted by molar-refractivity contribution is -0.00000649. The lowest BCUT2D eigenvalue weighted by Gasteiger charge is -2.08.